The van der Waals surface area contributed by atoms with Gasteiger partial charge < -0.3 is 0 Å². The van der Waals surface area contributed by atoms with Crippen LogP contribution in [0.25, 0.3) is 0 Å². The first-order valence-electron chi connectivity index (χ1n) is 1.72. The van der Waals surface area contributed by atoms with Gasteiger partial charge in [0.2, 0.25) is 0 Å². The van der Waals surface area contributed by atoms with E-state index in [0.717, 1.165) is 0 Å². The van der Waals surface area contributed by atoms with Crippen molar-refractivity contribution in [1.29, 1.82) is 0 Å². The minimum atomic E-state index is -2.71. The fourth-order valence-electron chi connectivity index (χ4n) is 0.0583. The molecule has 0 aliphatic heterocycles. The van der Waals surface area contributed by atoms with Gasteiger partial charge in [-0.05, 0) is 0 Å². The summed E-state index contributed by atoms with van der Waals surface area (Å²) in [5.74, 6) is -2.71. The van der Waals surface area contributed by atoms with Crippen LogP contribution in [0.4, 0.5) is 8.78 Å². The molecule has 8 heavy (non-hydrogen) atoms. The second kappa shape index (κ2) is 3.46. The first-order chi connectivity index (χ1) is 3.50. The molecule has 5 heteroatoms. The van der Waals surface area contributed by atoms with Crippen LogP contribution >= 0.6 is 47.8 Å². The Kier molecular flexibility index (Phi) is 4.03. The number of hydrogen-bond donors (Lipinski definition) is 0. The van der Waals surface area contributed by atoms with Gasteiger partial charge in [-0.2, -0.15) is 0 Å². The highest BCUT2D eigenvalue weighted by Crippen LogP contribution is 2.30. The molecule has 0 amide bonds. The van der Waals surface area contributed by atoms with Crippen LogP contribution in [-0.4, -0.2) is 15.0 Å². The highest BCUT2D eigenvalue weighted by Gasteiger charge is 2.34. The SMILES string of the molecule is FC(F)(CBr)C(Br)Br. The van der Waals surface area contributed by atoms with Crippen molar-refractivity contribution in [3.05, 3.63) is 0 Å². The lowest BCUT2D eigenvalue weighted by Crippen LogP contribution is -2.25. The van der Waals surface area contributed by atoms with E-state index in [1.54, 1.807) is 0 Å². The van der Waals surface area contributed by atoms with Crippen LogP contribution in [-0.2, 0) is 0 Å². The zero-order chi connectivity index (χ0) is 6.78. The van der Waals surface area contributed by atoms with E-state index in [9.17, 15) is 8.78 Å². The van der Waals surface area contributed by atoms with Crippen molar-refractivity contribution in [1.82, 2.24) is 0 Å². The van der Waals surface area contributed by atoms with Gasteiger partial charge in [0.25, 0.3) is 5.92 Å². The maximum atomic E-state index is 12.1. The number of rotatable bonds is 2. The van der Waals surface area contributed by atoms with Gasteiger partial charge in [-0.25, -0.2) is 8.78 Å². The van der Waals surface area contributed by atoms with Crippen molar-refractivity contribution in [3.63, 3.8) is 0 Å². The molecule has 0 saturated carbocycles. The lowest BCUT2D eigenvalue weighted by Gasteiger charge is -2.12. The van der Waals surface area contributed by atoms with E-state index < -0.39 is 9.66 Å². The Morgan fingerprint density at radius 1 is 1.38 bits per heavy atom. The standard InChI is InChI=1S/C3H3Br3F2/c4-1-3(7,8)2(5)6/h2H,1H2. The Hall–Kier alpha value is 1.30. The van der Waals surface area contributed by atoms with Crippen LogP contribution in [0.1, 0.15) is 0 Å². The van der Waals surface area contributed by atoms with E-state index in [-0.39, 0.29) is 5.33 Å². The topological polar surface area (TPSA) is 0 Å². The molecular formula is C3H3Br3F2. The summed E-state index contributed by atoms with van der Waals surface area (Å²) in [4.78, 5) is 0. The minimum absolute atomic E-state index is 0.332. The highest BCUT2D eigenvalue weighted by molar-refractivity contribution is 9.24. The average Bonchev–Trinajstić information content (AvgIpc) is 1.67. The molecule has 50 valence electrons. The summed E-state index contributed by atoms with van der Waals surface area (Å²) in [6.45, 7) is 0. The van der Waals surface area contributed by atoms with Crippen LogP contribution in [0.2, 0.25) is 0 Å². The molecule has 0 N–H and O–H groups in total. The van der Waals surface area contributed by atoms with Crippen molar-refractivity contribution in [2.24, 2.45) is 0 Å². The molecule has 0 aliphatic carbocycles. The van der Waals surface area contributed by atoms with Gasteiger partial charge in [-0.15, -0.1) is 0 Å². The third kappa shape index (κ3) is 2.73. The van der Waals surface area contributed by atoms with Crippen molar-refractivity contribution in [2.45, 2.75) is 9.66 Å². The van der Waals surface area contributed by atoms with Crippen molar-refractivity contribution in [3.8, 4) is 0 Å². The van der Waals surface area contributed by atoms with E-state index in [1.807, 2.05) is 0 Å². The molecule has 0 aromatic heterocycles. The number of halogens is 5. The Morgan fingerprint density at radius 2 is 1.75 bits per heavy atom. The van der Waals surface area contributed by atoms with E-state index >= 15 is 0 Å². The molecule has 0 unspecified atom stereocenters. The summed E-state index contributed by atoms with van der Waals surface area (Å²) in [6, 6.07) is 0. The molecule has 0 rings (SSSR count). The van der Waals surface area contributed by atoms with Gasteiger partial charge in [0.05, 0.1) is 5.33 Å². The fraction of sp³-hybridized carbons (Fsp3) is 1.00. The van der Waals surface area contributed by atoms with Crippen LogP contribution in [0.3, 0.4) is 0 Å². The zero-order valence-electron chi connectivity index (χ0n) is 3.67. The van der Waals surface area contributed by atoms with Gasteiger partial charge in [0.1, 0.15) is 3.74 Å². The summed E-state index contributed by atoms with van der Waals surface area (Å²) >= 11 is 8.05. The first-order valence-corrected chi connectivity index (χ1v) is 4.68. The van der Waals surface area contributed by atoms with E-state index in [0.29, 0.717) is 0 Å². The van der Waals surface area contributed by atoms with Crippen LogP contribution in [0.15, 0.2) is 0 Å². The quantitative estimate of drug-likeness (QED) is 0.687. The third-order valence-corrected chi connectivity index (χ3v) is 2.58. The van der Waals surface area contributed by atoms with Crippen molar-refractivity contribution < 1.29 is 8.78 Å². The average molecular weight is 317 g/mol. The molecule has 0 aromatic rings. The molecule has 0 nitrogen and oxygen atoms in total. The molecule has 0 saturated heterocycles. The highest BCUT2D eigenvalue weighted by atomic mass is 79.9. The maximum absolute atomic E-state index is 12.1. The van der Waals surface area contributed by atoms with E-state index in [1.165, 1.54) is 0 Å². The summed E-state index contributed by atoms with van der Waals surface area (Å²) in [6.07, 6.45) is 0. The summed E-state index contributed by atoms with van der Waals surface area (Å²) in [7, 11) is 0. The lowest BCUT2D eigenvalue weighted by atomic mass is 10.5. The Balaban J connectivity index is 3.71. The van der Waals surface area contributed by atoms with Gasteiger partial charge >= 0.3 is 0 Å². The van der Waals surface area contributed by atoms with Crippen LogP contribution < -0.4 is 0 Å². The summed E-state index contributed by atoms with van der Waals surface area (Å²) in [5, 5.41) is -0.332. The maximum Gasteiger partial charge on any atom is 0.279 e. The molecule has 0 heterocycles. The van der Waals surface area contributed by atoms with Gasteiger partial charge in [0.15, 0.2) is 0 Å². The summed E-state index contributed by atoms with van der Waals surface area (Å²) in [5.41, 5.74) is 0. The largest absolute Gasteiger partial charge is 0.279 e. The lowest BCUT2D eigenvalue weighted by molar-refractivity contribution is 0.0507. The Labute approximate surface area is 71.4 Å². The molecule has 0 radical (unpaired) electrons. The van der Waals surface area contributed by atoms with E-state index in [2.05, 4.69) is 47.8 Å². The number of hydrogen-bond acceptors (Lipinski definition) is 0. The normalized spacial score (nSPS) is 12.8. The number of alkyl halides is 5. The molecule has 0 aromatic carbocycles. The second-order valence-corrected chi connectivity index (χ2v) is 4.82. The fourth-order valence-corrected chi connectivity index (χ4v) is 1.57. The Morgan fingerprint density at radius 3 is 1.75 bits per heavy atom. The summed E-state index contributed by atoms with van der Waals surface area (Å²) < 4.78 is 23.3. The molecule has 0 fully saturated rings. The monoisotopic (exact) mass is 314 g/mol. The Bertz CT molecular complexity index is 72.9. The molecule has 0 bridgehead atoms. The van der Waals surface area contributed by atoms with Crippen molar-refractivity contribution in [2.75, 3.05) is 5.33 Å². The molecule has 0 atom stereocenters. The second-order valence-electron chi connectivity index (χ2n) is 1.20. The predicted octanol–water partition coefficient (Wildman–Crippen LogP) is 3.13. The predicted molar refractivity (Wildman–Crippen MR) is 40.4 cm³/mol. The minimum Gasteiger partial charge on any atom is -0.204 e. The van der Waals surface area contributed by atoms with Gasteiger partial charge in [-0.1, -0.05) is 47.8 Å². The molecule has 0 spiro atoms. The third-order valence-electron chi connectivity index (χ3n) is 0.497. The first kappa shape index (κ1) is 9.30. The van der Waals surface area contributed by atoms with Gasteiger partial charge in [0, 0.05) is 0 Å². The molecular weight excluding hydrogens is 314 g/mol. The van der Waals surface area contributed by atoms with Crippen molar-refractivity contribution >= 4 is 47.8 Å². The smallest absolute Gasteiger partial charge is 0.204 e. The van der Waals surface area contributed by atoms with Crippen LogP contribution in [0, 0.1) is 0 Å². The van der Waals surface area contributed by atoms with Crippen LogP contribution in [0.5, 0.6) is 0 Å². The van der Waals surface area contributed by atoms with E-state index in [4.69, 9.17) is 0 Å². The zero-order valence-corrected chi connectivity index (χ0v) is 8.43. The van der Waals surface area contributed by atoms with Gasteiger partial charge in [-0.3, -0.25) is 0 Å². The molecule has 0 aliphatic rings.